The number of nitrogens with one attached hydrogen (secondary N) is 1. The molecule has 1 heterocycles. The van der Waals surface area contributed by atoms with Crippen molar-refractivity contribution in [2.45, 2.75) is 6.42 Å². The Bertz CT molecular complexity index is 485. The Morgan fingerprint density at radius 1 is 1.41 bits per heavy atom. The molecular weight excluding hydrogens is 218 g/mol. The van der Waals surface area contributed by atoms with E-state index < -0.39 is 0 Å². The van der Waals surface area contributed by atoms with Crippen LogP contribution in [0.4, 0.5) is 0 Å². The van der Waals surface area contributed by atoms with Gasteiger partial charge in [0.25, 0.3) is 0 Å². The summed E-state index contributed by atoms with van der Waals surface area (Å²) in [5, 5.41) is 3.01. The van der Waals surface area contributed by atoms with E-state index in [-0.39, 0.29) is 6.79 Å². The molecule has 0 unspecified atom stereocenters. The van der Waals surface area contributed by atoms with E-state index in [0.29, 0.717) is 22.6 Å². The first kappa shape index (κ1) is 11.5. The van der Waals surface area contributed by atoms with Gasteiger partial charge in [-0.15, -0.1) is 0 Å². The molecule has 1 N–H and O–H groups in total. The standard InChI is InChI=1S/C13H13NO3/c1-14-5-3-2-4-10-6-12-13(17-9-16-12)7-11(10)8-15/h6-8,14H,3,5,9H2,1H3. The first-order valence-electron chi connectivity index (χ1n) is 5.37. The minimum atomic E-state index is 0.199. The second kappa shape index (κ2) is 5.37. The lowest BCUT2D eigenvalue weighted by molar-refractivity contribution is 0.112. The molecule has 0 bridgehead atoms. The lowest BCUT2D eigenvalue weighted by Gasteiger charge is -2.00. The van der Waals surface area contributed by atoms with E-state index in [2.05, 4.69) is 17.2 Å². The van der Waals surface area contributed by atoms with Crippen LogP contribution in [-0.4, -0.2) is 26.7 Å². The molecule has 4 heteroatoms. The van der Waals surface area contributed by atoms with Crippen LogP contribution in [0.1, 0.15) is 22.3 Å². The van der Waals surface area contributed by atoms with Gasteiger partial charge in [0.15, 0.2) is 17.8 Å². The lowest BCUT2D eigenvalue weighted by Crippen LogP contribution is -2.05. The summed E-state index contributed by atoms with van der Waals surface area (Å²) >= 11 is 0. The Labute approximate surface area is 99.9 Å². The van der Waals surface area contributed by atoms with E-state index in [1.54, 1.807) is 12.1 Å². The number of carbonyl (C=O) groups excluding carboxylic acids is 1. The normalized spacial score (nSPS) is 11.8. The van der Waals surface area contributed by atoms with Gasteiger partial charge in [0.2, 0.25) is 6.79 Å². The molecule has 2 rings (SSSR count). The van der Waals surface area contributed by atoms with Crippen molar-refractivity contribution in [3.05, 3.63) is 23.3 Å². The summed E-state index contributed by atoms with van der Waals surface area (Å²) in [5.74, 6) is 7.22. The second-order valence-corrected chi connectivity index (χ2v) is 3.57. The zero-order chi connectivity index (χ0) is 12.1. The van der Waals surface area contributed by atoms with Crippen molar-refractivity contribution in [2.75, 3.05) is 20.4 Å². The van der Waals surface area contributed by atoms with E-state index in [1.165, 1.54) is 0 Å². The second-order valence-electron chi connectivity index (χ2n) is 3.57. The summed E-state index contributed by atoms with van der Waals surface area (Å²) in [6.45, 7) is 1.03. The van der Waals surface area contributed by atoms with Crippen LogP contribution in [0, 0.1) is 11.8 Å². The molecule has 0 radical (unpaired) electrons. The highest BCUT2D eigenvalue weighted by atomic mass is 16.7. The van der Waals surface area contributed by atoms with Gasteiger partial charge in [-0.1, -0.05) is 11.8 Å². The zero-order valence-electron chi connectivity index (χ0n) is 9.58. The average Bonchev–Trinajstić information content (AvgIpc) is 2.80. The third-order valence-corrected chi connectivity index (χ3v) is 2.39. The zero-order valence-corrected chi connectivity index (χ0v) is 9.58. The molecule has 0 saturated carbocycles. The number of fused-ring (bicyclic) bond motifs is 1. The molecule has 1 aliphatic heterocycles. The smallest absolute Gasteiger partial charge is 0.231 e. The lowest BCUT2D eigenvalue weighted by atomic mass is 10.1. The van der Waals surface area contributed by atoms with Crippen LogP contribution in [0.15, 0.2) is 12.1 Å². The molecule has 4 nitrogen and oxygen atoms in total. The van der Waals surface area contributed by atoms with Gasteiger partial charge in [0.05, 0.1) is 0 Å². The molecule has 0 fully saturated rings. The van der Waals surface area contributed by atoms with Gasteiger partial charge >= 0.3 is 0 Å². The summed E-state index contributed by atoms with van der Waals surface area (Å²) in [4.78, 5) is 10.9. The van der Waals surface area contributed by atoms with Gasteiger partial charge < -0.3 is 14.8 Å². The van der Waals surface area contributed by atoms with Crippen molar-refractivity contribution >= 4 is 6.29 Å². The number of hydrogen-bond donors (Lipinski definition) is 1. The largest absolute Gasteiger partial charge is 0.454 e. The maximum Gasteiger partial charge on any atom is 0.231 e. The molecular formula is C13H13NO3. The third-order valence-electron chi connectivity index (χ3n) is 2.39. The topological polar surface area (TPSA) is 47.6 Å². The van der Waals surface area contributed by atoms with Crippen molar-refractivity contribution in [1.82, 2.24) is 5.32 Å². The predicted octanol–water partition coefficient (Wildman–Crippen LogP) is 1.19. The van der Waals surface area contributed by atoms with Crippen LogP contribution in [0.25, 0.3) is 0 Å². The highest BCUT2D eigenvalue weighted by Crippen LogP contribution is 2.34. The maximum absolute atomic E-state index is 10.9. The van der Waals surface area contributed by atoms with Gasteiger partial charge in [0.1, 0.15) is 0 Å². The van der Waals surface area contributed by atoms with Gasteiger partial charge in [0, 0.05) is 30.2 Å². The third kappa shape index (κ3) is 2.58. The molecule has 0 spiro atoms. The molecule has 1 aromatic rings. The van der Waals surface area contributed by atoms with Gasteiger partial charge in [-0.3, -0.25) is 4.79 Å². The van der Waals surface area contributed by atoms with Crippen molar-refractivity contribution in [3.63, 3.8) is 0 Å². The van der Waals surface area contributed by atoms with E-state index in [4.69, 9.17) is 9.47 Å². The molecule has 88 valence electrons. The average molecular weight is 231 g/mol. The van der Waals surface area contributed by atoms with Crippen LogP contribution in [0.2, 0.25) is 0 Å². The van der Waals surface area contributed by atoms with E-state index in [9.17, 15) is 4.79 Å². The Hall–Kier alpha value is -1.99. The molecule has 0 aliphatic carbocycles. The molecule has 17 heavy (non-hydrogen) atoms. The highest BCUT2D eigenvalue weighted by Gasteiger charge is 2.15. The summed E-state index contributed by atoms with van der Waals surface area (Å²) in [7, 11) is 1.87. The number of benzene rings is 1. The number of rotatable bonds is 3. The number of ether oxygens (including phenoxy) is 2. The van der Waals surface area contributed by atoms with Crippen LogP contribution in [0.5, 0.6) is 11.5 Å². The highest BCUT2D eigenvalue weighted by molar-refractivity contribution is 5.81. The number of carbonyl (C=O) groups is 1. The van der Waals surface area contributed by atoms with Crippen LogP contribution in [0.3, 0.4) is 0 Å². The molecule has 1 aromatic carbocycles. The molecule has 0 saturated heterocycles. The van der Waals surface area contributed by atoms with Gasteiger partial charge in [-0.25, -0.2) is 0 Å². The van der Waals surface area contributed by atoms with Crippen LogP contribution in [-0.2, 0) is 0 Å². The molecule has 0 aromatic heterocycles. The fourth-order valence-corrected chi connectivity index (χ4v) is 1.51. The Morgan fingerprint density at radius 2 is 2.18 bits per heavy atom. The fraction of sp³-hybridized carbons (Fsp3) is 0.308. The quantitative estimate of drug-likeness (QED) is 0.482. The fourth-order valence-electron chi connectivity index (χ4n) is 1.51. The molecule has 0 amide bonds. The minimum absolute atomic E-state index is 0.199. The number of aldehydes is 1. The first-order valence-corrected chi connectivity index (χ1v) is 5.37. The van der Waals surface area contributed by atoms with E-state index in [0.717, 1.165) is 19.3 Å². The summed E-state index contributed by atoms with van der Waals surface area (Å²) in [5.41, 5.74) is 1.21. The van der Waals surface area contributed by atoms with Crippen LogP contribution >= 0.6 is 0 Å². The van der Waals surface area contributed by atoms with Crippen LogP contribution < -0.4 is 14.8 Å². The van der Waals surface area contributed by atoms with Gasteiger partial charge in [-0.2, -0.15) is 0 Å². The summed E-state index contributed by atoms with van der Waals surface area (Å²) in [6, 6.07) is 3.41. The SMILES string of the molecule is CNCCC#Cc1cc2c(cc1C=O)OCO2. The van der Waals surface area contributed by atoms with Crippen molar-refractivity contribution in [3.8, 4) is 23.3 Å². The first-order chi connectivity index (χ1) is 8.35. The number of hydrogen-bond acceptors (Lipinski definition) is 4. The monoisotopic (exact) mass is 231 g/mol. The molecule has 1 aliphatic rings. The Morgan fingerprint density at radius 3 is 2.88 bits per heavy atom. The van der Waals surface area contributed by atoms with Crippen molar-refractivity contribution in [2.24, 2.45) is 0 Å². The Kier molecular flexibility index (Phi) is 3.63. The molecule has 0 atom stereocenters. The van der Waals surface area contributed by atoms with Crippen molar-refractivity contribution < 1.29 is 14.3 Å². The van der Waals surface area contributed by atoms with Crippen molar-refractivity contribution in [1.29, 1.82) is 0 Å². The minimum Gasteiger partial charge on any atom is -0.454 e. The van der Waals surface area contributed by atoms with Gasteiger partial charge in [-0.05, 0) is 13.1 Å². The Balaban J connectivity index is 2.25. The summed E-state index contributed by atoms with van der Waals surface area (Å²) < 4.78 is 10.4. The summed E-state index contributed by atoms with van der Waals surface area (Å²) in [6.07, 6.45) is 1.52. The maximum atomic E-state index is 10.9. The van der Waals surface area contributed by atoms with E-state index in [1.807, 2.05) is 7.05 Å². The van der Waals surface area contributed by atoms with E-state index >= 15 is 0 Å². The predicted molar refractivity (Wildman–Crippen MR) is 63.4 cm³/mol.